The monoisotopic (exact) mass is 260 g/mol. The summed E-state index contributed by atoms with van der Waals surface area (Å²) < 4.78 is 10.8. The Kier molecular flexibility index (Phi) is 5.59. The van der Waals surface area contributed by atoms with Gasteiger partial charge in [0.1, 0.15) is 12.4 Å². The third kappa shape index (κ3) is 4.85. The predicted molar refractivity (Wildman–Crippen MR) is 73.4 cm³/mol. The van der Waals surface area contributed by atoms with E-state index in [1.165, 1.54) is 0 Å². The maximum absolute atomic E-state index is 5.57. The molecule has 0 atom stereocenters. The third-order valence-corrected chi connectivity index (χ3v) is 2.67. The van der Waals surface area contributed by atoms with E-state index in [9.17, 15) is 0 Å². The van der Waals surface area contributed by atoms with E-state index in [0.717, 1.165) is 36.7 Å². The standard InChI is InChI=1S/C15H20N2O2/c1-2-8-16-10-13-5-3-6-14(17-13)11-18-12-15-7-4-9-19-15/h3-7,9,16H,2,8,10-12H2,1H3. The van der Waals surface area contributed by atoms with Crippen LogP contribution in [0.4, 0.5) is 0 Å². The molecule has 4 heteroatoms. The molecule has 2 rings (SSSR count). The van der Waals surface area contributed by atoms with E-state index in [-0.39, 0.29) is 0 Å². The molecule has 2 heterocycles. The van der Waals surface area contributed by atoms with Crippen molar-refractivity contribution in [3.8, 4) is 0 Å². The molecule has 102 valence electrons. The Morgan fingerprint density at radius 2 is 2.05 bits per heavy atom. The first-order valence-corrected chi connectivity index (χ1v) is 6.64. The molecule has 0 saturated heterocycles. The molecule has 0 amide bonds. The van der Waals surface area contributed by atoms with Gasteiger partial charge in [0.05, 0.1) is 24.3 Å². The number of nitrogens with one attached hydrogen (secondary N) is 1. The summed E-state index contributed by atoms with van der Waals surface area (Å²) in [6.07, 6.45) is 2.78. The van der Waals surface area contributed by atoms with Gasteiger partial charge in [0.2, 0.25) is 0 Å². The summed E-state index contributed by atoms with van der Waals surface area (Å²) in [6, 6.07) is 9.78. The van der Waals surface area contributed by atoms with Crippen LogP contribution < -0.4 is 5.32 Å². The van der Waals surface area contributed by atoms with Gasteiger partial charge in [0, 0.05) is 6.54 Å². The van der Waals surface area contributed by atoms with Crippen LogP contribution in [0, 0.1) is 0 Å². The Morgan fingerprint density at radius 3 is 2.84 bits per heavy atom. The van der Waals surface area contributed by atoms with Gasteiger partial charge >= 0.3 is 0 Å². The van der Waals surface area contributed by atoms with E-state index < -0.39 is 0 Å². The van der Waals surface area contributed by atoms with Gasteiger partial charge in [-0.1, -0.05) is 13.0 Å². The van der Waals surface area contributed by atoms with E-state index in [4.69, 9.17) is 9.15 Å². The highest BCUT2D eigenvalue weighted by molar-refractivity contribution is 5.10. The van der Waals surface area contributed by atoms with Crippen molar-refractivity contribution >= 4 is 0 Å². The second-order valence-corrected chi connectivity index (χ2v) is 4.37. The van der Waals surface area contributed by atoms with Crippen LogP contribution in [-0.4, -0.2) is 11.5 Å². The minimum Gasteiger partial charge on any atom is -0.467 e. The molecule has 0 aliphatic rings. The van der Waals surface area contributed by atoms with Crippen LogP contribution in [0.5, 0.6) is 0 Å². The van der Waals surface area contributed by atoms with E-state index in [1.54, 1.807) is 6.26 Å². The zero-order valence-corrected chi connectivity index (χ0v) is 11.3. The van der Waals surface area contributed by atoms with Crippen LogP contribution in [0.15, 0.2) is 41.0 Å². The summed E-state index contributed by atoms with van der Waals surface area (Å²) in [5, 5.41) is 3.34. The normalized spacial score (nSPS) is 10.8. The van der Waals surface area contributed by atoms with Gasteiger partial charge in [-0.25, -0.2) is 0 Å². The minimum absolute atomic E-state index is 0.479. The number of furan rings is 1. The smallest absolute Gasteiger partial charge is 0.129 e. The van der Waals surface area contributed by atoms with Crippen LogP contribution in [-0.2, 0) is 24.5 Å². The Morgan fingerprint density at radius 1 is 1.16 bits per heavy atom. The van der Waals surface area contributed by atoms with Gasteiger partial charge in [-0.2, -0.15) is 0 Å². The van der Waals surface area contributed by atoms with Crippen LogP contribution in [0.25, 0.3) is 0 Å². The Hall–Kier alpha value is -1.65. The van der Waals surface area contributed by atoms with Crippen molar-refractivity contribution in [2.75, 3.05) is 6.54 Å². The summed E-state index contributed by atoms with van der Waals surface area (Å²) in [4.78, 5) is 4.55. The zero-order valence-electron chi connectivity index (χ0n) is 11.3. The molecular weight excluding hydrogens is 240 g/mol. The topological polar surface area (TPSA) is 47.3 Å². The molecule has 0 unspecified atom stereocenters. The number of pyridine rings is 1. The molecule has 1 N–H and O–H groups in total. The molecule has 0 bridgehead atoms. The van der Waals surface area contributed by atoms with Crippen molar-refractivity contribution in [2.24, 2.45) is 0 Å². The fourth-order valence-electron chi connectivity index (χ4n) is 1.75. The second-order valence-electron chi connectivity index (χ2n) is 4.37. The summed E-state index contributed by atoms with van der Waals surface area (Å²) in [6.45, 7) is 4.95. The molecule has 19 heavy (non-hydrogen) atoms. The SMILES string of the molecule is CCCNCc1cccc(COCc2ccco2)n1. The van der Waals surface area contributed by atoms with Crippen LogP contribution in [0.1, 0.15) is 30.5 Å². The van der Waals surface area contributed by atoms with Crippen molar-refractivity contribution in [2.45, 2.75) is 33.1 Å². The molecule has 0 spiro atoms. The first-order valence-electron chi connectivity index (χ1n) is 6.64. The van der Waals surface area contributed by atoms with Crippen LogP contribution in [0.2, 0.25) is 0 Å². The molecular formula is C15H20N2O2. The fourth-order valence-corrected chi connectivity index (χ4v) is 1.75. The lowest BCUT2D eigenvalue weighted by Crippen LogP contribution is -2.15. The third-order valence-electron chi connectivity index (χ3n) is 2.67. The zero-order chi connectivity index (χ0) is 13.3. The minimum atomic E-state index is 0.479. The maximum Gasteiger partial charge on any atom is 0.129 e. The second kappa shape index (κ2) is 7.71. The van der Waals surface area contributed by atoms with Crippen molar-refractivity contribution in [3.05, 3.63) is 53.7 Å². The molecule has 2 aromatic rings. The van der Waals surface area contributed by atoms with Gasteiger partial charge in [0.25, 0.3) is 0 Å². The van der Waals surface area contributed by atoms with E-state index in [1.807, 2.05) is 30.3 Å². The van der Waals surface area contributed by atoms with Crippen molar-refractivity contribution < 1.29 is 9.15 Å². The summed E-state index contributed by atoms with van der Waals surface area (Å²) in [5.41, 5.74) is 2.00. The molecule has 0 aromatic carbocycles. The number of nitrogens with zero attached hydrogens (tertiary/aromatic N) is 1. The van der Waals surface area contributed by atoms with E-state index in [2.05, 4.69) is 17.2 Å². The Balaban J connectivity index is 1.78. The largest absolute Gasteiger partial charge is 0.467 e. The van der Waals surface area contributed by atoms with Gasteiger partial charge in [-0.3, -0.25) is 4.98 Å². The first-order chi connectivity index (χ1) is 9.38. The molecule has 2 aromatic heterocycles. The lowest BCUT2D eigenvalue weighted by molar-refractivity contribution is 0.0905. The van der Waals surface area contributed by atoms with E-state index in [0.29, 0.717) is 13.2 Å². The van der Waals surface area contributed by atoms with Crippen LogP contribution in [0.3, 0.4) is 0 Å². The quantitative estimate of drug-likeness (QED) is 0.741. The number of rotatable bonds is 8. The Bertz CT molecular complexity index is 469. The molecule has 0 fully saturated rings. The van der Waals surface area contributed by atoms with Gasteiger partial charge in [0.15, 0.2) is 0 Å². The maximum atomic E-state index is 5.57. The Labute approximate surface area is 113 Å². The molecule has 0 radical (unpaired) electrons. The highest BCUT2D eigenvalue weighted by Crippen LogP contribution is 2.06. The van der Waals surface area contributed by atoms with Gasteiger partial charge in [-0.05, 0) is 37.2 Å². The summed E-state index contributed by atoms with van der Waals surface area (Å²) >= 11 is 0. The number of hydrogen-bond acceptors (Lipinski definition) is 4. The number of ether oxygens (including phenoxy) is 1. The van der Waals surface area contributed by atoms with Crippen molar-refractivity contribution in [1.82, 2.24) is 10.3 Å². The molecule has 0 aliphatic heterocycles. The van der Waals surface area contributed by atoms with E-state index >= 15 is 0 Å². The van der Waals surface area contributed by atoms with Gasteiger partial charge in [-0.15, -0.1) is 0 Å². The lowest BCUT2D eigenvalue weighted by atomic mass is 10.3. The van der Waals surface area contributed by atoms with Gasteiger partial charge < -0.3 is 14.5 Å². The van der Waals surface area contributed by atoms with Crippen molar-refractivity contribution in [3.63, 3.8) is 0 Å². The summed E-state index contributed by atoms with van der Waals surface area (Å²) in [7, 11) is 0. The fraction of sp³-hybridized carbons (Fsp3) is 0.400. The lowest BCUT2D eigenvalue weighted by Gasteiger charge is -2.06. The number of aromatic nitrogens is 1. The predicted octanol–water partition coefficient (Wildman–Crippen LogP) is 2.89. The van der Waals surface area contributed by atoms with Crippen molar-refractivity contribution in [1.29, 1.82) is 0 Å². The average Bonchev–Trinajstić information content (AvgIpc) is 2.93. The molecule has 4 nitrogen and oxygen atoms in total. The van der Waals surface area contributed by atoms with Crippen LogP contribution >= 0.6 is 0 Å². The first kappa shape index (κ1) is 13.8. The highest BCUT2D eigenvalue weighted by atomic mass is 16.5. The molecule has 0 aliphatic carbocycles. The number of hydrogen-bond donors (Lipinski definition) is 1. The molecule has 0 saturated carbocycles. The average molecular weight is 260 g/mol. The highest BCUT2D eigenvalue weighted by Gasteiger charge is 2.00. The summed E-state index contributed by atoms with van der Waals surface area (Å²) in [5.74, 6) is 0.834.